The first-order valence-corrected chi connectivity index (χ1v) is 8.46. The van der Waals surface area contributed by atoms with Crippen molar-refractivity contribution in [3.05, 3.63) is 35.1 Å². The van der Waals surface area contributed by atoms with Gasteiger partial charge in [-0.2, -0.15) is 0 Å². The SMILES string of the molecule is Cc1cc2occ(CC(=O)N3CCC(C(C)N)CC3)c2cc1C.Cl. The van der Waals surface area contributed by atoms with Crippen LogP contribution in [-0.2, 0) is 11.2 Å². The molecule has 1 atom stereocenters. The standard InChI is InChI=1S/C19H26N2O2.ClH/c1-12-8-17-16(11-23-18(17)9-13(12)2)10-19(22)21-6-4-15(5-7-21)14(3)20;/h8-9,11,14-15H,4-7,10,20H2,1-3H3;1H. The molecule has 0 spiro atoms. The first kappa shape index (κ1) is 18.8. The van der Waals surface area contributed by atoms with Gasteiger partial charge in [-0.25, -0.2) is 0 Å². The molecule has 0 bridgehead atoms. The number of rotatable bonds is 3. The van der Waals surface area contributed by atoms with E-state index in [0.717, 1.165) is 42.5 Å². The zero-order chi connectivity index (χ0) is 16.6. The van der Waals surface area contributed by atoms with Crippen molar-refractivity contribution < 1.29 is 9.21 Å². The number of hydrogen-bond donors (Lipinski definition) is 1. The molecule has 24 heavy (non-hydrogen) atoms. The van der Waals surface area contributed by atoms with Gasteiger partial charge in [-0.1, -0.05) is 0 Å². The van der Waals surface area contributed by atoms with E-state index in [1.165, 1.54) is 11.1 Å². The van der Waals surface area contributed by atoms with Crippen LogP contribution >= 0.6 is 12.4 Å². The molecule has 2 heterocycles. The van der Waals surface area contributed by atoms with Gasteiger partial charge in [-0.05, 0) is 62.8 Å². The Balaban J connectivity index is 0.00000208. The van der Waals surface area contributed by atoms with Gasteiger partial charge in [0.2, 0.25) is 5.91 Å². The van der Waals surface area contributed by atoms with Crippen LogP contribution in [-0.4, -0.2) is 29.9 Å². The first-order valence-electron chi connectivity index (χ1n) is 8.46. The molecule has 1 saturated heterocycles. The van der Waals surface area contributed by atoms with E-state index in [4.69, 9.17) is 10.2 Å². The van der Waals surface area contributed by atoms with Gasteiger partial charge < -0.3 is 15.1 Å². The number of nitrogens with zero attached hydrogens (tertiary/aromatic N) is 1. The minimum atomic E-state index is 0. The van der Waals surface area contributed by atoms with Crippen LogP contribution in [0.1, 0.15) is 36.5 Å². The normalized spacial score (nSPS) is 16.9. The summed E-state index contributed by atoms with van der Waals surface area (Å²) in [5.74, 6) is 0.730. The van der Waals surface area contributed by atoms with Gasteiger partial charge in [0.05, 0.1) is 12.7 Å². The van der Waals surface area contributed by atoms with Gasteiger partial charge in [0.25, 0.3) is 0 Å². The predicted molar refractivity (Wildman–Crippen MR) is 99.6 cm³/mol. The number of hydrogen-bond acceptors (Lipinski definition) is 3. The summed E-state index contributed by atoms with van der Waals surface area (Å²) in [5, 5.41) is 1.06. The fourth-order valence-corrected chi connectivity index (χ4v) is 3.42. The molecule has 1 aromatic carbocycles. The van der Waals surface area contributed by atoms with Crippen molar-refractivity contribution in [2.75, 3.05) is 13.1 Å². The average Bonchev–Trinajstić information content (AvgIpc) is 2.90. The van der Waals surface area contributed by atoms with E-state index in [9.17, 15) is 4.79 Å². The van der Waals surface area contributed by atoms with Crippen LogP contribution in [0.5, 0.6) is 0 Å². The second kappa shape index (κ2) is 7.58. The number of furan rings is 1. The highest BCUT2D eigenvalue weighted by Gasteiger charge is 2.25. The number of benzene rings is 1. The molecule has 0 aliphatic carbocycles. The Kier molecular flexibility index (Phi) is 5.94. The molecule has 1 fully saturated rings. The van der Waals surface area contributed by atoms with Gasteiger partial charge in [-0.3, -0.25) is 4.79 Å². The Morgan fingerprint density at radius 2 is 1.92 bits per heavy atom. The Labute approximate surface area is 149 Å². The summed E-state index contributed by atoms with van der Waals surface area (Å²) in [6.45, 7) is 7.86. The Bertz CT molecular complexity index is 715. The second-order valence-electron chi connectivity index (χ2n) is 6.95. The number of aryl methyl sites for hydroxylation is 2. The van der Waals surface area contributed by atoms with Crippen LogP contribution in [0.25, 0.3) is 11.0 Å². The number of amides is 1. The Morgan fingerprint density at radius 3 is 2.54 bits per heavy atom. The highest BCUT2D eigenvalue weighted by Crippen LogP contribution is 2.26. The topological polar surface area (TPSA) is 59.5 Å². The molecule has 1 aromatic heterocycles. The van der Waals surface area contributed by atoms with Crippen molar-refractivity contribution in [2.45, 2.75) is 46.1 Å². The van der Waals surface area contributed by atoms with Crippen molar-refractivity contribution >= 4 is 29.3 Å². The van der Waals surface area contributed by atoms with Gasteiger partial charge in [-0.15, -0.1) is 12.4 Å². The van der Waals surface area contributed by atoms with Crippen LogP contribution in [0.4, 0.5) is 0 Å². The van der Waals surface area contributed by atoms with E-state index in [1.807, 2.05) is 11.0 Å². The highest BCUT2D eigenvalue weighted by atomic mass is 35.5. The number of carbonyl (C=O) groups excluding carboxylic acids is 1. The molecule has 0 radical (unpaired) electrons. The second-order valence-corrected chi connectivity index (χ2v) is 6.95. The van der Waals surface area contributed by atoms with Crippen molar-refractivity contribution in [1.82, 2.24) is 4.90 Å². The Morgan fingerprint density at radius 1 is 1.29 bits per heavy atom. The highest BCUT2D eigenvalue weighted by molar-refractivity contribution is 5.88. The monoisotopic (exact) mass is 350 g/mol. The third kappa shape index (κ3) is 3.76. The summed E-state index contributed by atoms with van der Waals surface area (Å²) in [7, 11) is 0. The van der Waals surface area contributed by atoms with E-state index < -0.39 is 0 Å². The van der Waals surface area contributed by atoms with E-state index in [0.29, 0.717) is 12.3 Å². The van der Waals surface area contributed by atoms with E-state index in [2.05, 4.69) is 26.8 Å². The van der Waals surface area contributed by atoms with E-state index in [-0.39, 0.29) is 24.4 Å². The third-order valence-electron chi connectivity index (χ3n) is 5.25. The summed E-state index contributed by atoms with van der Waals surface area (Å²) in [5.41, 5.74) is 10.3. The van der Waals surface area contributed by atoms with Crippen molar-refractivity contribution in [3.8, 4) is 0 Å². The Hall–Kier alpha value is -1.52. The number of piperidine rings is 1. The fourth-order valence-electron chi connectivity index (χ4n) is 3.42. The summed E-state index contributed by atoms with van der Waals surface area (Å²) in [6.07, 6.45) is 4.16. The number of halogens is 1. The molecule has 2 aromatic rings. The minimum Gasteiger partial charge on any atom is -0.464 e. The minimum absolute atomic E-state index is 0. The van der Waals surface area contributed by atoms with Gasteiger partial charge in [0.1, 0.15) is 5.58 Å². The van der Waals surface area contributed by atoms with Gasteiger partial charge in [0.15, 0.2) is 0 Å². The third-order valence-corrected chi connectivity index (χ3v) is 5.25. The number of carbonyl (C=O) groups is 1. The van der Waals surface area contributed by atoms with Crippen LogP contribution in [0, 0.1) is 19.8 Å². The zero-order valence-corrected chi connectivity index (χ0v) is 15.5. The first-order chi connectivity index (χ1) is 11.0. The van der Waals surface area contributed by atoms with Crippen molar-refractivity contribution in [1.29, 1.82) is 0 Å². The molecule has 3 rings (SSSR count). The van der Waals surface area contributed by atoms with E-state index in [1.54, 1.807) is 6.26 Å². The smallest absolute Gasteiger partial charge is 0.227 e. The quantitative estimate of drug-likeness (QED) is 0.920. The fraction of sp³-hybridized carbons (Fsp3) is 0.526. The number of fused-ring (bicyclic) bond motifs is 1. The van der Waals surface area contributed by atoms with Crippen LogP contribution in [0.3, 0.4) is 0 Å². The lowest BCUT2D eigenvalue weighted by Gasteiger charge is -2.33. The van der Waals surface area contributed by atoms with Gasteiger partial charge >= 0.3 is 0 Å². The zero-order valence-electron chi connectivity index (χ0n) is 14.7. The molecule has 1 aliphatic heterocycles. The predicted octanol–water partition coefficient (Wildman–Crippen LogP) is 3.60. The lowest BCUT2D eigenvalue weighted by molar-refractivity contribution is -0.131. The molecule has 1 unspecified atom stereocenters. The maximum Gasteiger partial charge on any atom is 0.227 e. The molecule has 0 saturated carbocycles. The summed E-state index contributed by atoms with van der Waals surface area (Å²) < 4.78 is 5.63. The molecular formula is C19H27ClN2O2. The van der Waals surface area contributed by atoms with Crippen molar-refractivity contribution in [3.63, 3.8) is 0 Å². The summed E-state index contributed by atoms with van der Waals surface area (Å²) >= 11 is 0. The average molecular weight is 351 g/mol. The molecule has 132 valence electrons. The largest absolute Gasteiger partial charge is 0.464 e. The number of likely N-dealkylation sites (tertiary alicyclic amines) is 1. The molecule has 4 nitrogen and oxygen atoms in total. The summed E-state index contributed by atoms with van der Waals surface area (Å²) in [4.78, 5) is 14.6. The van der Waals surface area contributed by atoms with Gasteiger partial charge in [0, 0.05) is 30.1 Å². The van der Waals surface area contributed by atoms with E-state index >= 15 is 0 Å². The van der Waals surface area contributed by atoms with Crippen LogP contribution in [0.2, 0.25) is 0 Å². The molecule has 2 N–H and O–H groups in total. The van der Waals surface area contributed by atoms with Crippen LogP contribution < -0.4 is 5.73 Å². The van der Waals surface area contributed by atoms with Crippen LogP contribution in [0.15, 0.2) is 22.8 Å². The molecule has 5 heteroatoms. The molecule has 1 amide bonds. The molecule has 1 aliphatic rings. The maximum atomic E-state index is 12.6. The molecular weight excluding hydrogens is 324 g/mol. The summed E-state index contributed by atoms with van der Waals surface area (Å²) in [6, 6.07) is 4.39. The van der Waals surface area contributed by atoms with Crippen molar-refractivity contribution in [2.24, 2.45) is 11.7 Å². The number of nitrogens with two attached hydrogens (primary N) is 1. The lowest BCUT2D eigenvalue weighted by Crippen LogP contribution is -2.43. The lowest BCUT2D eigenvalue weighted by atomic mass is 9.90. The maximum absolute atomic E-state index is 12.6.